The van der Waals surface area contributed by atoms with Gasteiger partial charge >= 0.3 is 17.0 Å². The van der Waals surface area contributed by atoms with Crippen LogP contribution < -0.4 is 16.4 Å². The van der Waals surface area contributed by atoms with Crippen molar-refractivity contribution in [3.63, 3.8) is 0 Å². The highest BCUT2D eigenvalue weighted by Crippen LogP contribution is 1.77. The molecule has 0 aliphatic carbocycles. The van der Waals surface area contributed by atoms with Gasteiger partial charge in [-0.25, -0.2) is 5.21 Å². The van der Waals surface area contributed by atoms with Gasteiger partial charge in [-0.2, -0.15) is 0 Å². The normalized spacial score (nSPS) is 9.53. The van der Waals surface area contributed by atoms with Gasteiger partial charge in [0.15, 0.2) is 0 Å². The Morgan fingerprint density at radius 3 is 1.87 bits per heavy atom. The second-order valence-corrected chi connectivity index (χ2v) is 2.26. The van der Waals surface area contributed by atoms with Crippen LogP contribution in [0.4, 0.5) is 0 Å². The summed E-state index contributed by atoms with van der Waals surface area (Å²) in [6.07, 6.45) is -1.29. The number of nitrogens with one attached hydrogen (secondary N) is 3. The Bertz CT molecular complexity index is 238. The van der Waals surface area contributed by atoms with Gasteiger partial charge in [-0.15, -0.1) is 11.0 Å². The Hall–Kier alpha value is -1.94. The lowest BCUT2D eigenvalue weighted by Gasteiger charge is -2.13. The summed E-state index contributed by atoms with van der Waals surface area (Å²) in [5.74, 6) is -1.39. The second-order valence-electron chi connectivity index (χ2n) is 2.26. The Morgan fingerprint density at radius 2 is 1.60 bits per heavy atom. The van der Waals surface area contributed by atoms with Crippen LogP contribution in [0.2, 0.25) is 0 Å². The van der Waals surface area contributed by atoms with E-state index in [2.05, 4.69) is 9.68 Å². The zero-order chi connectivity index (χ0) is 11.8. The summed E-state index contributed by atoms with van der Waals surface area (Å²) in [5.41, 5.74) is 5.66. The summed E-state index contributed by atoms with van der Waals surface area (Å²) in [6, 6.07) is 0. The molecule has 0 amide bonds. The molecule has 0 aromatic rings. The molecule has 15 heavy (non-hydrogen) atoms. The van der Waals surface area contributed by atoms with E-state index in [9.17, 15) is 14.5 Å². The number of hydroxylamine groups is 2. The predicted molar refractivity (Wildman–Crippen MR) is 42.1 cm³/mol. The van der Waals surface area contributed by atoms with Crippen LogP contribution in [0.25, 0.3) is 0 Å². The van der Waals surface area contributed by atoms with Crippen molar-refractivity contribution in [2.75, 3.05) is 0 Å². The highest BCUT2D eigenvalue weighted by atomic mass is 16.7. The largest absolute Gasteiger partial charge is 0.367 e. The maximum Gasteiger partial charge on any atom is 0.357 e. The second kappa shape index (κ2) is 6.50. The maximum atomic E-state index is 10.4. The molecular formula is C5H11N4O6+. The molecule has 0 spiro atoms. The maximum absolute atomic E-state index is 10.4. The average molecular weight is 223 g/mol. The topological polar surface area (TPSA) is 129 Å². The minimum absolute atomic E-state index is 0.669. The van der Waals surface area contributed by atoms with Gasteiger partial charge in [0.1, 0.15) is 4.91 Å². The number of hydrazine groups is 1. The van der Waals surface area contributed by atoms with Gasteiger partial charge in [0, 0.05) is 13.8 Å². The summed E-state index contributed by atoms with van der Waals surface area (Å²) < 4.78 is 0. The van der Waals surface area contributed by atoms with Gasteiger partial charge in [0.25, 0.3) is 6.29 Å². The van der Waals surface area contributed by atoms with E-state index in [0.29, 0.717) is 0 Å². The van der Waals surface area contributed by atoms with Crippen LogP contribution in [0.15, 0.2) is 0 Å². The first-order valence-electron chi connectivity index (χ1n) is 3.70. The Kier molecular flexibility index (Phi) is 5.66. The van der Waals surface area contributed by atoms with Crippen LogP contribution in [0, 0.1) is 4.91 Å². The standard InChI is InChI=1S/C5H11N4O6/c1-3(10)14-7-5(6-9(12)13)8-15-4(2)11/h5-8H,1-2H3,(H,12,13)/q+1. The highest BCUT2D eigenvalue weighted by molar-refractivity contribution is 5.65. The fourth-order valence-electron chi connectivity index (χ4n) is 0.471. The van der Waals surface area contributed by atoms with Crippen LogP contribution in [0.5, 0.6) is 0 Å². The van der Waals surface area contributed by atoms with Crippen molar-refractivity contribution >= 4 is 11.9 Å². The van der Waals surface area contributed by atoms with Gasteiger partial charge in [0.05, 0.1) is 0 Å². The molecule has 0 saturated heterocycles. The molecule has 0 fully saturated rings. The fourth-order valence-corrected chi connectivity index (χ4v) is 0.471. The lowest BCUT2D eigenvalue weighted by molar-refractivity contribution is -0.837. The minimum Gasteiger partial charge on any atom is -0.367 e. The van der Waals surface area contributed by atoms with Crippen molar-refractivity contribution in [1.29, 1.82) is 0 Å². The Balaban J connectivity index is 3.99. The Morgan fingerprint density at radius 1 is 1.20 bits per heavy atom. The molecule has 0 unspecified atom stereocenters. The number of hydrogen-bond donors (Lipinski definition) is 4. The molecule has 10 nitrogen and oxygen atoms in total. The van der Waals surface area contributed by atoms with Crippen LogP contribution in [0.1, 0.15) is 13.8 Å². The Labute approximate surface area is 83.9 Å². The average Bonchev–Trinajstić information content (AvgIpc) is 2.08. The SMILES string of the molecule is CC(=O)ONC(NOC(C)=O)N[N+](=O)O. The summed E-state index contributed by atoms with van der Waals surface area (Å²) in [7, 11) is 0. The predicted octanol–water partition coefficient (Wildman–Crippen LogP) is -1.92. The molecule has 10 heteroatoms. The summed E-state index contributed by atoms with van der Waals surface area (Å²) in [5, 5.41) is 7.59. The van der Waals surface area contributed by atoms with E-state index >= 15 is 0 Å². The third-order valence-corrected chi connectivity index (χ3v) is 0.881. The third kappa shape index (κ3) is 8.39. The minimum atomic E-state index is -1.29. The van der Waals surface area contributed by atoms with Gasteiger partial charge in [-0.05, 0) is 0 Å². The first kappa shape index (κ1) is 13.1. The van der Waals surface area contributed by atoms with Crippen LogP contribution in [-0.4, -0.2) is 28.5 Å². The summed E-state index contributed by atoms with van der Waals surface area (Å²) in [4.78, 5) is 39.4. The monoisotopic (exact) mass is 223 g/mol. The molecule has 0 aromatic carbocycles. The van der Waals surface area contributed by atoms with Crippen molar-refractivity contribution in [1.82, 2.24) is 16.4 Å². The molecule has 0 atom stereocenters. The van der Waals surface area contributed by atoms with E-state index in [1.807, 2.05) is 11.0 Å². The molecule has 0 saturated carbocycles. The van der Waals surface area contributed by atoms with Gasteiger partial charge in [0.2, 0.25) is 0 Å². The number of nitrogens with zero attached hydrogens (tertiary/aromatic N) is 1. The molecular weight excluding hydrogens is 212 g/mol. The number of carbonyl (C=O) groups is 2. The van der Waals surface area contributed by atoms with Crippen LogP contribution in [-0.2, 0) is 19.3 Å². The number of rotatable bonds is 6. The van der Waals surface area contributed by atoms with Gasteiger partial charge in [-0.3, -0.25) is 9.59 Å². The molecule has 0 bridgehead atoms. The zero-order valence-corrected chi connectivity index (χ0v) is 8.01. The number of carbonyl (C=O) groups excluding carboxylic acids is 2. The smallest absolute Gasteiger partial charge is 0.357 e. The fraction of sp³-hybridized carbons (Fsp3) is 0.600. The van der Waals surface area contributed by atoms with E-state index < -0.39 is 23.3 Å². The van der Waals surface area contributed by atoms with E-state index in [1.165, 1.54) is 0 Å². The highest BCUT2D eigenvalue weighted by Gasteiger charge is 2.18. The van der Waals surface area contributed by atoms with Crippen molar-refractivity contribution in [3.8, 4) is 0 Å². The molecule has 0 aromatic heterocycles. The molecule has 86 valence electrons. The molecule has 0 radical (unpaired) electrons. The number of hydrogen-bond acceptors (Lipinski definition) is 7. The summed E-state index contributed by atoms with van der Waals surface area (Å²) >= 11 is 0. The lowest BCUT2D eigenvalue weighted by atomic mass is 10.8. The van der Waals surface area contributed by atoms with Crippen molar-refractivity contribution in [3.05, 3.63) is 4.91 Å². The lowest BCUT2D eigenvalue weighted by Crippen LogP contribution is -2.55. The molecule has 0 aliphatic rings. The molecule has 4 N–H and O–H groups in total. The zero-order valence-electron chi connectivity index (χ0n) is 8.01. The molecule has 0 rings (SSSR count). The first-order valence-corrected chi connectivity index (χ1v) is 3.70. The van der Waals surface area contributed by atoms with Gasteiger partial charge < -0.3 is 9.68 Å². The van der Waals surface area contributed by atoms with E-state index in [4.69, 9.17) is 5.21 Å². The van der Waals surface area contributed by atoms with Crippen molar-refractivity contribution in [2.45, 2.75) is 20.1 Å². The quantitative estimate of drug-likeness (QED) is 0.300. The third-order valence-electron chi connectivity index (χ3n) is 0.881. The van der Waals surface area contributed by atoms with E-state index in [-0.39, 0.29) is 0 Å². The van der Waals surface area contributed by atoms with Crippen molar-refractivity contribution < 1.29 is 29.5 Å². The molecule has 0 heterocycles. The van der Waals surface area contributed by atoms with E-state index in [0.717, 1.165) is 13.8 Å². The summed E-state index contributed by atoms with van der Waals surface area (Å²) in [6.45, 7) is 2.20. The molecule has 0 aliphatic heterocycles. The van der Waals surface area contributed by atoms with Crippen molar-refractivity contribution in [2.24, 2.45) is 0 Å². The van der Waals surface area contributed by atoms with Crippen LogP contribution >= 0.6 is 0 Å². The van der Waals surface area contributed by atoms with E-state index in [1.54, 1.807) is 5.43 Å². The van der Waals surface area contributed by atoms with Crippen LogP contribution in [0.3, 0.4) is 0 Å². The first-order chi connectivity index (χ1) is 6.91. The van der Waals surface area contributed by atoms with Gasteiger partial charge in [-0.1, -0.05) is 5.43 Å².